The van der Waals surface area contributed by atoms with Crippen LogP contribution in [0.15, 0.2) is 0 Å². The van der Waals surface area contributed by atoms with E-state index >= 15 is 0 Å². The second-order valence-electron chi connectivity index (χ2n) is 4.27. The average molecular weight is 185 g/mol. The van der Waals surface area contributed by atoms with Crippen LogP contribution in [0.2, 0.25) is 0 Å². The van der Waals surface area contributed by atoms with Gasteiger partial charge in [-0.05, 0) is 19.9 Å². The molecule has 1 fully saturated rings. The zero-order valence-electron chi connectivity index (χ0n) is 9.31. The Bertz CT molecular complexity index is 136. The highest BCUT2D eigenvalue weighted by Crippen LogP contribution is 2.27. The molecule has 0 atom stereocenters. The first-order valence-corrected chi connectivity index (χ1v) is 5.55. The Morgan fingerprint density at radius 2 is 1.85 bits per heavy atom. The molecule has 0 aromatic carbocycles. The summed E-state index contributed by atoms with van der Waals surface area (Å²) in [5, 5.41) is 0. The van der Waals surface area contributed by atoms with Crippen LogP contribution in [-0.4, -0.2) is 37.2 Å². The lowest BCUT2D eigenvalue weighted by atomic mass is 9.91. The minimum atomic E-state index is 0.177. The standard InChI is InChI=1S/C11H23NO/c1-4-6-11(7-5-2)10-12(3)8-9-13-11/h4-10H2,1-3H3. The van der Waals surface area contributed by atoms with E-state index in [1.54, 1.807) is 0 Å². The molecule has 13 heavy (non-hydrogen) atoms. The van der Waals surface area contributed by atoms with Gasteiger partial charge >= 0.3 is 0 Å². The lowest BCUT2D eigenvalue weighted by molar-refractivity contribution is -0.112. The lowest BCUT2D eigenvalue weighted by Crippen LogP contribution is -2.50. The molecule has 0 bridgehead atoms. The molecule has 1 aliphatic heterocycles. The highest BCUT2D eigenvalue weighted by Gasteiger charge is 2.33. The SMILES string of the molecule is CCCC1(CCC)CN(C)CCO1. The quantitative estimate of drug-likeness (QED) is 0.666. The second kappa shape index (κ2) is 4.97. The van der Waals surface area contributed by atoms with Crippen molar-refractivity contribution in [3.63, 3.8) is 0 Å². The third-order valence-electron chi connectivity index (χ3n) is 2.85. The topological polar surface area (TPSA) is 12.5 Å². The summed E-state index contributed by atoms with van der Waals surface area (Å²) in [6.45, 7) is 7.62. The number of hydrogen-bond acceptors (Lipinski definition) is 2. The number of hydrogen-bond donors (Lipinski definition) is 0. The van der Waals surface area contributed by atoms with Gasteiger partial charge in [0.15, 0.2) is 0 Å². The summed E-state index contributed by atoms with van der Waals surface area (Å²) in [7, 11) is 2.20. The van der Waals surface area contributed by atoms with Gasteiger partial charge in [-0.3, -0.25) is 0 Å². The van der Waals surface area contributed by atoms with E-state index in [1.165, 1.54) is 25.7 Å². The van der Waals surface area contributed by atoms with Crippen molar-refractivity contribution in [3.05, 3.63) is 0 Å². The summed E-state index contributed by atoms with van der Waals surface area (Å²) in [6.07, 6.45) is 4.89. The van der Waals surface area contributed by atoms with Crippen LogP contribution in [0.5, 0.6) is 0 Å². The molecule has 0 unspecified atom stereocenters. The minimum absolute atomic E-state index is 0.177. The Hall–Kier alpha value is -0.0800. The molecule has 0 aromatic rings. The molecule has 0 saturated carbocycles. The van der Waals surface area contributed by atoms with Gasteiger partial charge < -0.3 is 9.64 Å². The summed E-state index contributed by atoms with van der Waals surface area (Å²) in [4.78, 5) is 2.40. The van der Waals surface area contributed by atoms with Crippen molar-refractivity contribution < 1.29 is 4.74 Å². The Labute approximate surface area is 82.3 Å². The van der Waals surface area contributed by atoms with Gasteiger partial charge in [0.1, 0.15) is 0 Å². The number of morpholine rings is 1. The van der Waals surface area contributed by atoms with Crippen LogP contribution in [0.1, 0.15) is 39.5 Å². The highest BCUT2D eigenvalue weighted by molar-refractivity contribution is 4.86. The summed E-state index contributed by atoms with van der Waals surface area (Å²) < 4.78 is 5.98. The van der Waals surface area contributed by atoms with Crippen LogP contribution in [-0.2, 0) is 4.74 Å². The van der Waals surface area contributed by atoms with E-state index in [2.05, 4.69) is 25.8 Å². The zero-order valence-corrected chi connectivity index (χ0v) is 9.31. The highest BCUT2D eigenvalue weighted by atomic mass is 16.5. The zero-order chi connectivity index (χ0) is 9.73. The third kappa shape index (κ3) is 2.96. The fourth-order valence-electron chi connectivity index (χ4n) is 2.37. The van der Waals surface area contributed by atoms with E-state index in [9.17, 15) is 0 Å². The van der Waals surface area contributed by atoms with Crippen LogP contribution >= 0.6 is 0 Å². The smallest absolute Gasteiger partial charge is 0.0809 e. The first-order chi connectivity index (χ1) is 6.22. The van der Waals surface area contributed by atoms with Gasteiger partial charge in [0, 0.05) is 13.1 Å². The fourth-order valence-corrected chi connectivity index (χ4v) is 2.37. The molecule has 0 radical (unpaired) electrons. The van der Waals surface area contributed by atoms with E-state index in [0.29, 0.717) is 0 Å². The maximum absolute atomic E-state index is 5.98. The van der Waals surface area contributed by atoms with E-state index in [1.807, 2.05) is 0 Å². The van der Waals surface area contributed by atoms with Crippen LogP contribution in [0.25, 0.3) is 0 Å². The van der Waals surface area contributed by atoms with Gasteiger partial charge in [-0.2, -0.15) is 0 Å². The van der Waals surface area contributed by atoms with Gasteiger partial charge in [0.25, 0.3) is 0 Å². The molecule has 0 aliphatic carbocycles. The molecule has 1 rings (SSSR count). The molecular weight excluding hydrogens is 162 g/mol. The molecule has 2 nitrogen and oxygen atoms in total. The Morgan fingerprint density at radius 3 is 2.31 bits per heavy atom. The van der Waals surface area contributed by atoms with Gasteiger partial charge in [-0.1, -0.05) is 26.7 Å². The van der Waals surface area contributed by atoms with Crippen molar-refractivity contribution in [1.82, 2.24) is 4.90 Å². The number of ether oxygens (including phenoxy) is 1. The molecule has 78 valence electrons. The van der Waals surface area contributed by atoms with Crippen LogP contribution < -0.4 is 0 Å². The van der Waals surface area contributed by atoms with E-state index in [0.717, 1.165) is 19.7 Å². The molecule has 2 heteroatoms. The van der Waals surface area contributed by atoms with E-state index in [4.69, 9.17) is 4.74 Å². The molecule has 0 spiro atoms. The molecule has 1 saturated heterocycles. The minimum Gasteiger partial charge on any atom is -0.372 e. The first-order valence-electron chi connectivity index (χ1n) is 5.55. The van der Waals surface area contributed by atoms with Crippen molar-refractivity contribution in [1.29, 1.82) is 0 Å². The summed E-state index contributed by atoms with van der Waals surface area (Å²) >= 11 is 0. The van der Waals surface area contributed by atoms with Gasteiger partial charge in [0.2, 0.25) is 0 Å². The predicted octanol–water partition coefficient (Wildman–Crippen LogP) is 2.29. The van der Waals surface area contributed by atoms with Crippen LogP contribution in [0.4, 0.5) is 0 Å². The number of nitrogens with zero attached hydrogens (tertiary/aromatic N) is 1. The van der Waals surface area contributed by atoms with Crippen molar-refractivity contribution in [3.8, 4) is 0 Å². The van der Waals surface area contributed by atoms with Crippen LogP contribution in [0, 0.1) is 0 Å². The Kier molecular flexibility index (Phi) is 4.20. The Balaban J connectivity index is 2.53. The van der Waals surface area contributed by atoms with E-state index < -0.39 is 0 Å². The normalized spacial score (nSPS) is 23.3. The van der Waals surface area contributed by atoms with Gasteiger partial charge in [0.05, 0.1) is 12.2 Å². The monoisotopic (exact) mass is 185 g/mol. The molecule has 0 N–H and O–H groups in total. The second-order valence-corrected chi connectivity index (χ2v) is 4.27. The molecule has 1 aliphatic rings. The first kappa shape index (κ1) is 11.0. The fraction of sp³-hybridized carbons (Fsp3) is 1.00. The van der Waals surface area contributed by atoms with E-state index in [-0.39, 0.29) is 5.60 Å². The van der Waals surface area contributed by atoms with Gasteiger partial charge in [-0.15, -0.1) is 0 Å². The maximum atomic E-state index is 5.98. The largest absolute Gasteiger partial charge is 0.372 e. The van der Waals surface area contributed by atoms with Crippen molar-refractivity contribution >= 4 is 0 Å². The number of rotatable bonds is 4. The lowest BCUT2D eigenvalue weighted by Gasteiger charge is -2.41. The average Bonchev–Trinajstić information content (AvgIpc) is 2.04. The predicted molar refractivity (Wildman–Crippen MR) is 56.0 cm³/mol. The van der Waals surface area contributed by atoms with Crippen LogP contribution in [0.3, 0.4) is 0 Å². The molecular formula is C11H23NO. The summed E-state index contributed by atoms with van der Waals surface area (Å²) in [5.41, 5.74) is 0.177. The molecule has 1 heterocycles. The van der Waals surface area contributed by atoms with Gasteiger partial charge in [-0.25, -0.2) is 0 Å². The summed E-state index contributed by atoms with van der Waals surface area (Å²) in [5.74, 6) is 0. The summed E-state index contributed by atoms with van der Waals surface area (Å²) in [6, 6.07) is 0. The molecule has 0 amide bonds. The molecule has 0 aromatic heterocycles. The Morgan fingerprint density at radius 1 is 1.23 bits per heavy atom. The maximum Gasteiger partial charge on any atom is 0.0809 e. The third-order valence-corrected chi connectivity index (χ3v) is 2.85. The van der Waals surface area contributed by atoms with Crippen molar-refractivity contribution in [2.24, 2.45) is 0 Å². The van der Waals surface area contributed by atoms with Crippen molar-refractivity contribution in [2.45, 2.75) is 45.1 Å². The number of likely N-dealkylation sites (N-methyl/N-ethyl adjacent to an activating group) is 1. The van der Waals surface area contributed by atoms with Crippen molar-refractivity contribution in [2.75, 3.05) is 26.7 Å².